The van der Waals surface area contributed by atoms with Crippen LogP contribution in [0.4, 0.5) is 0 Å². The quantitative estimate of drug-likeness (QED) is 0.0261. The van der Waals surface area contributed by atoms with Gasteiger partial charge in [0.25, 0.3) is 0 Å². The molecule has 0 bridgehead atoms. The summed E-state index contributed by atoms with van der Waals surface area (Å²) in [6, 6.07) is 0. The first-order valence-corrected chi connectivity index (χ1v) is 31.5. The minimum Gasteiger partial charge on any atom is -0.462 e. The fourth-order valence-electron chi connectivity index (χ4n) is 8.56. The lowest BCUT2D eigenvalue weighted by atomic mass is 10.0. The summed E-state index contributed by atoms with van der Waals surface area (Å²) in [6.07, 6.45) is 87.7. The van der Waals surface area contributed by atoms with Gasteiger partial charge in [-0.2, -0.15) is 0 Å². The van der Waals surface area contributed by atoms with Crippen molar-refractivity contribution in [2.45, 2.75) is 290 Å². The molecule has 0 N–H and O–H groups in total. The molecule has 432 valence electrons. The summed E-state index contributed by atoms with van der Waals surface area (Å²) in [7, 11) is 0. The molecule has 6 nitrogen and oxygen atoms in total. The summed E-state index contributed by atoms with van der Waals surface area (Å²) in [4.78, 5) is 38.3. The summed E-state index contributed by atoms with van der Waals surface area (Å²) >= 11 is 0. The fourth-order valence-corrected chi connectivity index (χ4v) is 8.56. The van der Waals surface area contributed by atoms with Crippen molar-refractivity contribution in [2.75, 3.05) is 13.2 Å². The lowest BCUT2D eigenvalue weighted by molar-refractivity contribution is -0.167. The maximum atomic E-state index is 12.9. The predicted octanol–water partition coefficient (Wildman–Crippen LogP) is 21.6. The first kappa shape index (κ1) is 71.8. The summed E-state index contributed by atoms with van der Waals surface area (Å²) < 4.78 is 16.9. The average Bonchev–Trinajstić information content (AvgIpc) is 3.42. The number of esters is 3. The Morgan fingerprint density at radius 2 is 0.513 bits per heavy atom. The smallest absolute Gasteiger partial charge is 0.306 e. The van der Waals surface area contributed by atoms with Crippen LogP contribution in [-0.4, -0.2) is 37.2 Å². The van der Waals surface area contributed by atoms with Crippen molar-refractivity contribution in [3.63, 3.8) is 0 Å². The van der Waals surface area contributed by atoms with Gasteiger partial charge >= 0.3 is 17.9 Å². The van der Waals surface area contributed by atoms with Gasteiger partial charge in [0.05, 0.1) is 0 Å². The van der Waals surface area contributed by atoms with Crippen molar-refractivity contribution in [3.05, 3.63) is 122 Å². The van der Waals surface area contributed by atoms with Crippen molar-refractivity contribution in [1.82, 2.24) is 0 Å². The zero-order chi connectivity index (χ0) is 55.0. The number of hydrogen-bond acceptors (Lipinski definition) is 6. The van der Waals surface area contributed by atoms with E-state index in [1.165, 1.54) is 103 Å². The van der Waals surface area contributed by atoms with Gasteiger partial charge in [-0.25, -0.2) is 0 Å². The number of rotatable bonds is 56. The van der Waals surface area contributed by atoms with Crippen LogP contribution in [0, 0.1) is 0 Å². The largest absolute Gasteiger partial charge is 0.462 e. The third-order valence-corrected chi connectivity index (χ3v) is 13.2. The average molecular weight is 1050 g/mol. The second-order valence-electron chi connectivity index (χ2n) is 20.6. The Morgan fingerprint density at radius 1 is 0.276 bits per heavy atom. The van der Waals surface area contributed by atoms with Crippen LogP contribution in [0.1, 0.15) is 284 Å². The molecule has 0 saturated heterocycles. The Labute approximate surface area is 469 Å². The summed E-state index contributed by atoms with van der Waals surface area (Å²) in [5.41, 5.74) is 0. The van der Waals surface area contributed by atoms with Gasteiger partial charge in [-0.05, 0) is 109 Å². The highest BCUT2D eigenvalue weighted by molar-refractivity contribution is 5.71. The molecule has 1 unspecified atom stereocenters. The SMILES string of the molecule is CC/C=C\C/C=C\C/C=C\C/C=C\C/C=C\C/C=C\CCCCCCCCCCC(=O)OCC(COC(=O)CCCCCCCCCCCCCC)OC(=O)CCCCCCCC/C=C\C/C=C\C/C=C\C/C=C\CC. The lowest BCUT2D eigenvalue weighted by Gasteiger charge is -2.18. The van der Waals surface area contributed by atoms with Gasteiger partial charge in [-0.3, -0.25) is 14.4 Å². The molecule has 0 aromatic rings. The summed E-state index contributed by atoms with van der Waals surface area (Å²) in [5, 5.41) is 0. The Kier molecular flexibility index (Phi) is 59.9. The Hall–Kier alpha value is -4.19. The molecule has 0 radical (unpaired) electrons. The minimum atomic E-state index is -0.792. The second-order valence-corrected chi connectivity index (χ2v) is 20.6. The van der Waals surface area contributed by atoms with Crippen molar-refractivity contribution in [2.24, 2.45) is 0 Å². The van der Waals surface area contributed by atoms with Crippen LogP contribution in [0.25, 0.3) is 0 Å². The third kappa shape index (κ3) is 60.7. The van der Waals surface area contributed by atoms with E-state index in [0.717, 1.165) is 141 Å². The van der Waals surface area contributed by atoms with E-state index in [1.54, 1.807) is 0 Å². The van der Waals surface area contributed by atoms with Gasteiger partial charge in [0.15, 0.2) is 6.10 Å². The van der Waals surface area contributed by atoms with Gasteiger partial charge in [0.2, 0.25) is 0 Å². The zero-order valence-electron chi connectivity index (χ0n) is 49.5. The van der Waals surface area contributed by atoms with Crippen LogP contribution < -0.4 is 0 Å². The van der Waals surface area contributed by atoms with Crippen LogP contribution in [0.3, 0.4) is 0 Å². The molecule has 1 atom stereocenters. The van der Waals surface area contributed by atoms with E-state index in [1.807, 2.05) is 0 Å². The van der Waals surface area contributed by atoms with Gasteiger partial charge in [-0.1, -0.05) is 277 Å². The molecule has 6 heteroatoms. The molecule has 0 spiro atoms. The molecule has 76 heavy (non-hydrogen) atoms. The lowest BCUT2D eigenvalue weighted by Crippen LogP contribution is -2.30. The monoisotopic (exact) mass is 1050 g/mol. The van der Waals surface area contributed by atoms with Crippen LogP contribution in [0.2, 0.25) is 0 Å². The van der Waals surface area contributed by atoms with Crippen molar-refractivity contribution in [1.29, 1.82) is 0 Å². The first-order chi connectivity index (χ1) is 37.5. The fraction of sp³-hybridized carbons (Fsp3) is 0.671. The van der Waals surface area contributed by atoms with E-state index >= 15 is 0 Å². The highest BCUT2D eigenvalue weighted by atomic mass is 16.6. The van der Waals surface area contributed by atoms with Crippen LogP contribution in [0.5, 0.6) is 0 Å². The number of hydrogen-bond donors (Lipinski definition) is 0. The number of unbranched alkanes of at least 4 members (excludes halogenated alkanes) is 25. The van der Waals surface area contributed by atoms with E-state index in [2.05, 4.69) is 142 Å². The van der Waals surface area contributed by atoms with Gasteiger partial charge in [0.1, 0.15) is 13.2 Å². The predicted molar refractivity (Wildman–Crippen MR) is 330 cm³/mol. The topological polar surface area (TPSA) is 78.9 Å². The number of ether oxygens (including phenoxy) is 3. The molecule has 0 aliphatic heterocycles. The van der Waals surface area contributed by atoms with E-state index < -0.39 is 6.10 Å². The number of allylic oxidation sites excluding steroid dienone is 20. The molecular weight excluding hydrogens is 937 g/mol. The second kappa shape index (κ2) is 63.3. The summed E-state index contributed by atoms with van der Waals surface area (Å²) in [6.45, 7) is 6.40. The molecule has 0 rings (SSSR count). The first-order valence-electron chi connectivity index (χ1n) is 31.5. The van der Waals surface area contributed by atoms with Crippen molar-refractivity contribution >= 4 is 17.9 Å². The van der Waals surface area contributed by atoms with Gasteiger partial charge < -0.3 is 14.2 Å². The van der Waals surface area contributed by atoms with Crippen molar-refractivity contribution in [3.8, 4) is 0 Å². The highest BCUT2D eigenvalue weighted by Crippen LogP contribution is 2.15. The third-order valence-electron chi connectivity index (χ3n) is 13.2. The highest BCUT2D eigenvalue weighted by Gasteiger charge is 2.19. The molecule has 0 fully saturated rings. The van der Waals surface area contributed by atoms with Crippen LogP contribution >= 0.6 is 0 Å². The Morgan fingerprint density at radius 3 is 0.803 bits per heavy atom. The van der Waals surface area contributed by atoms with E-state index in [9.17, 15) is 14.4 Å². The van der Waals surface area contributed by atoms with E-state index in [0.29, 0.717) is 19.3 Å². The standard InChI is InChI=1S/C70H116O6/c1-4-7-10-13-16-19-22-25-27-29-31-32-33-34-35-36-37-38-40-41-43-45-48-51-54-57-60-63-69(72)75-66-67(65-74-68(71)62-59-56-53-50-47-24-21-18-15-12-9-6-3)76-70(73)64-61-58-55-52-49-46-44-42-39-30-28-26-23-20-17-14-11-8-5-2/h7-8,10-11,16-17,19-20,25-28,31-32,34-35,37-39,42,67H,4-6,9,12-15,18,21-24,29-30,33,36,40-41,43-66H2,1-3H3/b10-7-,11-8-,19-16-,20-17-,27-25-,28-26-,32-31-,35-34-,38-37-,42-39-. The van der Waals surface area contributed by atoms with E-state index in [-0.39, 0.29) is 31.1 Å². The molecule has 0 saturated carbocycles. The van der Waals surface area contributed by atoms with Crippen LogP contribution in [-0.2, 0) is 28.6 Å². The molecule has 0 aliphatic rings. The maximum Gasteiger partial charge on any atom is 0.306 e. The Balaban J connectivity index is 4.35. The van der Waals surface area contributed by atoms with Crippen molar-refractivity contribution < 1.29 is 28.6 Å². The van der Waals surface area contributed by atoms with E-state index in [4.69, 9.17) is 14.2 Å². The summed E-state index contributed by atoms with van der Waals surface area (Å²) in [5.74, 6) is -0.905. The molecular formula is C70H116O6. The molecule has 0 aromatic carbocycles. The number of carbonyl (C=O) groups excluding carboxylic acids is 3. The van der Waals surface area contributed by atoms with Gasteiger partial charge in [0, 0.05) is 19.3 Å². The zero-order valence-corrected chi connectivity index (χ0v) is 49.5. The maximum absolute atomic E-state index is 12.9. The molecule has 0 heterocycles. The van der Waals surface area contributed by atoms with Crippen LogP contribution in [0.15, 0.2) is 122 Å². The molecule has 0 aromatic heterocycles. The Bertz CT molecular complexity index is 1590. The minimum absolute atomic E-state index is 0.0865. The molecule has 0 amide bonds. The number of carbonyl (C=O) groups is 3. The van der Waals surface area contributed by atoms with Gasteiger partial charge in [-0.15, -0.1) is 0 Å². The normalized spacial score (nSPS) is 12.9. The molecule has 0 aliphatic carbocycles.